The van der Waals surface area contributed by atoms with Gasteiger partial charge in [-0.15, -0.1) is 10.2 Å². The van der Waals surface area contributed by atoms with Crippen LogP contribution in [-0.2, 0) is 11.3 Å². The van der Waals surface area contributed by atoms with Gasteiger partial charge in [0.05, 0.1) is 13.0 Å². The molecule has 176 valence electrons. The maximum Gasteiger partial charge on any atom is 0.231 e. The van der Waals surface area contributed by atoms with Crippen molar-refractivity contribution in [3.8, 4) is 17.2 Å². The molecule has 1 N–H and O–H groups in total. The second-order valence-corrected chi connectivity index (χ2v) is 9.30. The number of nitrogens with zero attached hydrogens (tertiary/aromatic N) is 3. The van der Waals surface area contributed by atoms with Gasteiger partial charge in [0.25, 0.3) is 0 Å². The normalized spacial score (nSPS) is 16.9. The number of carbonyl (C=O) groups is 1. The quantitative estimate of drug-likeness (QED) is 0.547. The highest BCUT2D eigenvalue weighted by Crippen LogP contribution is 2.33. The molecule has 1 aromatic heterocycles. The van der Waals surface area contributed by atoms with Crippen molar-refractivity contribution in [1.82, 2.24) is 15.5 Å². The lowest BCUT2D eigenvalue weighted by atomic mass is 9.97. The smallest absolute Gasteiger partial charge is 0.231 e. The van der Waals surface area contributed by atoms with Crippen LogP contribution in [0.4, 0.5) is 5.82 Å². The van der Waals surface area contributed by atoms with Gasteiger partial charge < -0.3 is 24.4 Å². The molecule has 8 nitrogen and oxygen atoms in total. The predicted molar refractivity (Wildman–Crippen MR) is 128 cm³/mol. The highest BCUT2D eigenvalue weighted by atomic mass is 32.2. The number of rotatable bonds is 7. The summed E-state index contributed by atoms with van der Waals surface area (Å²) in [6.07, 6.45) is 1.80. The van der Waals surface area contributed by atoms with Crippen molar-refractivity contribution in [1.29, 1.82) is 0 Å². The molecule has 1 saturated heterocycles. The number of hydrogen-bond acceptors (Lipinski definition) is 8. The number of nitrogens with one attached hydrogen (secondary N) is 1. The highest BCUT2D eigenvalue weighted by molar-refractivity contribution is 7.99. The number of aromatic nitrogens is 2. The highest BCUT2D eigenvalue weighted by Gasteiger charge is 2.27. The Balaban J connectivity index is 1.16. The lowest BCUT2D eigenvalue weighted by Gasteiger charge is -2.32. The van der Waals surface area contributed by atoms with Gasteiger partial charge in [-0.25, -0.2) is 0 Å². The fourth-order valence-corrected chi connectivity index (χ4v) is 4.89. The topological polar surface area (TPSA) is 85.8 Å². The Morgan fingerprint density at radius 2 is 2.06 bits per heavy atom. The lowest BCUT2D eigenvalue weighted by molar-refractivity contribution is -0.125. The zero-order valence-corrected chi connectivity index (χ0v) is 19.7. The van der Waals surface area contributed by atoms with Crippen molar-refractivity contribution in [3.63, 3.8) is 0 Å². The van der Waals surface area contributed by atoms with Crippen LogP contribution < -0.4 is 24.4 Å². The summed E-state index contributed by atoms with van der Waals surface area (Å²) in [7, 11) is 1.65. The molecule has 34 heavy (non-hydrogen) atoms. The van der Waals surface area contributed by atoms with E-state index in [0.717, 1.165) is 57.9 Å². The summed E-state index contributed by atoms with van der Waals surface area (Å²) in [5.74, 6) is 3.04. The number of amides is 1. The number of hydrogen-bond donors (Lipinski definition) is 1. The molecule has 1 atom stereocenters. The fourth-order valence-electron chi connectivity index (χ4n) is 4.11. The number of ether oxygens (including phenoxy) is 3. The molecule has 0 aliphatic carbocycles. The molecule has 3 aromatic rings. The van der Waals surface area contributed by atoms with E-state index in [1.165, 1.54) is 11.8 Å². The van der Waals surface area contributed by atoms with Crippen molar-refractivity contribution in [3.05, 3.63) is 60.2 Å². The summed E-state index contributed by atoms with van der Waals surface area (Å²) in [5.41, 5.74) is 0.986. The molecule has 2 aliphatic rings. The van der Waals surface area contributed by atoms with E-state index in [2.05, 4.69) is 20.4 Å². The van der Waals surface area contributed by atoms with Crippen LogP contribution in [0, 0.1) is 5.92 Å². The summed E-state index contributed by atoms with van der Waals surface area (Å²) in [4.78, 5) is 16.0. The summed E-state index contributed by atoms with van der Waals surface area (Å²) >= 11 is 1.54. The zero-order valence-electron chi connectivity index (χ0n) is 18.9. The predicted octanol–water partition coefficient (Wildman–Crippen LogP) is 3.90. The van der Waals surface area contributed by atoms with Gasteiger partial charge in [-0.2, -0.15) is 0 Å². The number of fused-ring (bicyclic) bond motifs is 1. The molecule has 1 amide bonds. The molecule has 5 rings (SSSR count). The van der Waals surface area contributed by atoms with Crippen LogP contribution in [0.25, 0.3) is 0 Å². The van der Waals surface area contributed by atoms with E-state index in [9.17, 15) is 4.79 Å². The third-order valence-electron chi connectivity index (χ3n) is 5.91. The van der Waals surface area contributed by atoms with Gasteiger partial charge in [0, 0.05) is 24.5 Å². The minimum atomic E-state index is -0.0876. The maximum atomic E-state index is 12.8. The second-order valence-electron chi connectivity index (χ2n) is 8.20. The number of benzene rings is 2. The number of anilines is 1. The van der Waals surface area contributed by atoms with Gasteiger partial charge in [-0.05, 0) is 60.9 Å². The van der Waals surface area contributed by atoms with Crippen molar-refractivity contribution in [2.45, 2.75) is 29.3 Å². The van der Waals surface area contributed by atoms with E-state index in [1.54, 1.807) is 7.11 Å². The third kappa shape index (κ3) is 5.20. The molecule has 1 fully saturated rings. The van der Waals surface area contributed by atoms with Gasteiger partial charge >= 0.3 is 0 Å². The first-order valence-corrected chi connectivity index (χ1v) is 12.1. The Morgan fingerprint density at radius 1 is 1.15 bits per heavy atom. The van der Waals surface area contributed by atoms with Crippen LogP contribution in [0.15, 0.2) is 64.5 Å². The standard InChI is InChI=1S/C25H26N4O4S/c1-31-19-5-2-6-20(13-19)34-24-10-9-23(27-28-24)29-11-3-4-18(15-29)25(30)26-14-17-7-8-21-22(12-17)33-16-32-21/h2,5-10,12-13,18H,3-4,11,14-16H2,1H3,(H,26,30)/t18-/m1/s1. The summed E-state index contributed by atoms with van der Waals surface area (Å²) in [5, 5.41) is 12.7. The molecule has 9 heteroatoms. The number of piperidine rings is 1. The second kappa shape index (κ2) is 10.2. The van der Waals surface area contributed by atoms with Crippen molar-refractivity contribution in [2.75, 3.05) is 31.9 Å². The number of carbonyl (C=O) groups excluding carboxylic acids is 1. The first-order valence-electron chi connectivity index (χ1n) is 11.2. The molecule has 0 bridgehead atoms. The van der Waals surface area contributed by atoms with E-state index < -0.39 is 0 Å². The van der Waals surface area contributed by atoms with Crippen molar-refractivity contribution >= 4 is 23.5 Å². The maximum absolute atomic E-state index is 12.8. The summed E-state index contributed by atoms with van der Waals surface area (Å²) < 4.78 is 16.0. The van der Waals surface area contributed by atoms with Crippen LogP contribution in [0.1, 0.15) is 18.4 Å². The van der Waals surface area contributed by atoms with Gasteiger partial charge in [-0.3, -0.25) is 4.79 Å². The summed E-state index contributed by atoms with van der Waals surface area (Å²) in [6, 6.07) is 17.5. The van der Waals surface area contributed by atoms with Crippen LogP contribution in [0.5, 0.6) is 17.2 Å². The average Bonchev–Trinajstić information content (AvgIpc) is 3.36. The van der Waals surface area contributed by atoms with Gasteiger partial charge in [0.15, 0.2) is 17.3 Å². The van der Waals surface area contributed by atoms with E-state index >= 15 is 0 Å². The molecular weight excluding hydrogens is 452 g/mol. The van der Waals surface area contributed by atoms with Crippen molar-refractivity contribution in [2.24, 2.45) is 5.92 Å². The van der Waals surface area contributed by atoms with Crippen LogP contribution in [0.2, 0.25) is 0 Å². The molecule has 2 aliphatic heterocycles. The van der Waals surface area contributed by atoms with E-state index in [0.29, 0.717) is 13.1 Å². The van der Waals surface area contributed by atoms with Crippen LogP contribution in [0.3, 0.4) is 0 Å². The third-order valence-corrected chi connectivity index (χ3v) is 6.83. The molecule has 2 aromatic carbocycles. The lowest BCUT2D eigenvalue weighted by Crippen LogP contribution is -2.43. The fraction of sp³-hybridized carbons (Fsp3) is 0.320. The Kier molecular flexibility index (Phi) is 6.71. The Labute approximate surface area is 202 Å². The van der Waals surface area contributed by atoms with Crippen LogP contribution in [-0.4, -0.2) is 43.1 Å². The first kappa shape index (κ1) is 22.3. The van der Waals surface area contributed by atoms with Crippen molar-refractivity contribution < 1.29 is 19.0 Å². The molecular formula is C25H26N4O4S. The molecule has 0 spiro atoms. The van der Waals surface area contributed by atoms with Gasteiger partial charge in [-0.1, -0.05) is 23.9 Å². The summed E-state index contributed by atoms with van der Waals surface area (Å²) in [6.45, 7) is 2.20. The van der Waals surface area contributed by atoms with Crippen LogP contribution >= 0.6 is 11.8 Å². The Bertz CT molecular complexity index is 1160. The average molecular weight is 479 g/mol. The minimum absolute atomic E-state index is 0.0560. The minimum Gasteiger partial charge on any atom is -0.497 e. The molecule has 0 unspecified atom stereocenters. The SMILES string of the molecule is COc1cccc(Sc2ccc(N3CCC[C@@H](C(=O)NCc4ccc5c(c4)OCO5)C3)nn2)c1. The van der Waals surface area contributed by atoms with E-state index in [-0.39, 0.29) is 18.6 Å². The largest absolute Gasteiger partial charge is 0.497 e. The van der Waals surface area contributed by atoms with Gasteiger partial charge in [0.2, 0.25) is 12.7 Å². The molecule has 3 heterocycles. The molecule has 0 saturated carbocycles. The monoisotopic (exact) mass is 478 g/mol. The zero-order chi connectivity index (χ0) is 23.3. The molecule has 0 radical (unpaired) electrons. The first-order chi connectivity index (χ1) is 16.7. The Hall–Kier alpha value is -3.46. The van der Waals surface area contributed by atoms with Gasteiger partial charge in [0.1, 0.15) is 10.8 Å². The number of methoxy groups -OCH3 is 1. The Morgan fingerprint density at radius 3 is 2.91 bits per heavy atom. The van der Waals surface area contributed by atoms with E-state index in [4.69, 9.17) is 14.2 Å². The van der Waals surface area contributed by atoms with E-state index in [1.807, 2.05) is 54.6 Å².